The van der Waals surface area contributed by atoms with E-state index in [4.69, 9.17) is 0 Å². The van der Waals surface area contributed by atoms with Crippen LogP contribution in [0.15, 0.2) is 54.3 Å². The van der Waals surface area contributed by atoms with E-state index in [9.17, 15) is 9.90 Å². The Balaban J connectivity index is 3.27. The maximum absolute atomic E-state index is 11.6. The van der Waals surface area contributed by atoms with Crippen LogP contribution in [0.25, 0.3) is 5.76 Å². The van der Waals surface area contributed by atoms with Crippen LogP contribution in [0, 0.1) is 0 Å². The van der Waals surface area contributed by atoms with Crippen LogP contribution in [0.5, 0.6) is 0 Å². The van der Waals surface area contributed by atoms with Crippen LogP contribution in [-0.2, 0) is 4.79 Å². The van der Waals surface area contributed by atoms with Crippen LogP contribution in [0.4, 0.5) is 0 Å². The number of hydrogen-bond acceptors (Lipinski definition) is 3. The second-order valence-corrected chi connectivity index (χ2v) is 3.75. The van der Waals surface area contributed by atoms with Crippen LogP contribution < -0.4 is 0 Å². The first kappa shape index (κ1) is 12.4. The topological polar surface area (TPSA) is 37.3 Å². The molecule has 1 aromatic carbocycles. The Morgan fingerprint density at radius 1 is 1.44 bits per heavy atom. The van der Waals surface area contributed by atoms with Gasteiger partial charge in [0.15, 0.2) is 0 Å². The van der Waals surface area contributed by atoms with Gasteiger partial charge in [-0.1, -0.05) is 48.7 Å². The third kappa shape index (κ3) is 2.89. The molecule has 0 fully saturated rings. The second-order valence-electron chi connectivity index (χ2n) is 2.97. The number of carbonyl (C=O) groups excluding carboxylic acids is 1. The van der Waals surface area contributed by atoms with Gasteiger partial charge in [-0.2, -0.15) is 0 Å². The molecule has 0 aromatic heterocycles. The van der Waals surface area contributed by atoms with Gasteiger partial charge in [-0.3, -0.25) is 4.79 Å². The molecule has 0 atom stereocenters. The smallest absolute Gasteiger partial charge is 0.223 e. The van der Waals surface area contributed by atoms with Crippen molar-refractivity contribution in [2.45, 2.75) is 0 Å². The van der Waals surface area contributed by atoms with E-state index < -0.39 is 0 Å². The van der Waals surface area contributed by atoms with Crippen molar-refractivity contribution in [3.05, 3.63) is 59.9 Å². The summed E-state index contributed by atoms with van der Waals surface area (Å²) in [5.41, 5.74) is 3.33. The van der Waals surface area contributed by atoms with E-state index in [1.165, 1.54) is 6.08 Å². The van der Waals surface area contributed by atoms with Crippen molar-refractivity contribution in [1.29, 1.82) is 0 Å². The first-order valence-electron chi connectivity index (χ1n) is 4.63. The van der Waals surface area contributed by atoms with Gasteiger partial charge in [0.1, 0.15) is 5.76 Å². The van der Waals surface area contributed by atoms with Crippen molar-refractivity contribution in [3.8, 4) is 0 Å². The molecule has 0 unspecified atom stereocenters. The van der Waals surface area contributed by atoms with Gasteiger partial charge in [0.25, 0.3) is 0 Å². The third-order valence-corrected chi connectivity index (χ3v) is 2.54. The Kier molecular flexibility index (Phi) is 4.65. The zero-order valence-corrected chi connectivity index (χ0v) is 9.75. The molecule has 0 aliphatic heterocycles. The first-order chi connectivity index (χ1) is 7.70. The lowest BCUT2D eigenvalue weighted by Gasteiger charge is -2.04. The highest BCUT2D eigenvalue weighted by Crippen LogP contribution is 2.20. The summed E-state index contributed by atoms with van der Waals surface area (Å²) in [6, 6.07) is 8.91. The summed E-state index contributed by atoms with van der Waals surface area (Å²) >= 11 is 1.04. The van der Waals surface area contributed by atoms with E-state index in [2.05, 4.69) is 12.3 Å². The molecule has 1 N–H and O–H groups in total. The molecular weight excluding hydrogens is 220 g/mol. The van der Waals surface area contributed by atoms with E-state index in [1.807, 2.05) is 6.07 Å². The lowest BCUT2D eigenvalue weighted by atomic mass is 10.1. The van der Waals surface area contributed by atoms with Crippen molar-refractivity contribution in [3.63, 3.8) is 0 Å². The SMILES string of the molecule is C=C=C/C(C(=O)SC)=C(\O)c1ccccc1. The van der Waals surface area contributed by atoms with Crippen molar-refractivity contribution in [2.75, 3.05) is 6.26 Å². The molecule has 0 aliphatic carbocycles. The standard InChI is InChI=1S/C13H12O2S/c1-3-7-11(13(15)16-2)12(14)10-8-5-4-6-9-10/h4-9,14H,1H2,2H3/b12-11+. The molecule has 2 nitrogen and oxygen atoms in total. The molecular formula is C13H12O2S. The first-order valence-corrected chi connectivity index (χ1v) is 5.86. The van der Waals surface area contributed by atoms with E-state index in [0.717, 1.165) is 11.8 Å². The van der Waals surface area contributed by atoms with E-state index in [1.54, 1.807) is 30.5 Å². The van der Waals surface area contributed by atoms with Crippen molar-refractivity contribution < 1.29 is 9.90 Å². The Morgan fingerprint density at radius 2 is 2.06 bits per heavy atom. The van der Waals surface area contributed by atoms with Crippen LogP contribution in [0.3, 0.4) is 0 Å². The fraction of sp³-hybridized carbons (Fsp3) is 0.0769. The Hall–Kier alpha value is -1.70. The minimum atomic E-state index is -0.211. The fourth-order valence-electron chi connectivity index (χ4n) is 1.19. The highest BCUT2D eigenvalue weighted by Gasteiger charge is 2.12. The lowest BCUT2D eigenvalue weighted by molar-refractivity contribution is -0.107. The van der Waals surface area contributed by atoms with Gasteiger partial charge in [-0.15, -0.1) is 5.73 Å². The molecule has 1 rings (SSSR count). The molecule has 0 bridgehead atoms. The Morgan fingerprint density at radius 3 is 2.56 bits per heavy atom. The average molecular weight is 232 g/mol. The number of carbonyl (C=O) groups is 1. The predicted octanol–water partition coefficient (Wildman–Crippen LogP) is 3.19. The third-order valence-electron chi connectivity index (χ3n) is 1.95. The number of benzene rings is 1. The van der Waals surface area contributed by atoms with Gasteiger partial charge in [-0.05, 0) is 12.3 Å². The summed E-state index contributed by atoms with van der Waals surface area (Å²) in [5.74, 6) is -0.0453. The molecule has 1 aromatic rings. The molecule has 0 spiro atoms. The highest BCUT2D eigenvalue weighted by atomic mass is 32.2. The average Bonchev–Trinajstić information content (AvgIpc) is 2.35. The summed E-state index contributed by atoms with van der Waals surface area (Å²) in [6.07, 6.45) is 3.05. The van der Waals surface area contributed by atoms with Gasteiger partial charge in [0.2, 0.25) is 5.12 Å². The van der Waals surface area contributed by atoms with Gasteiger partial charge >= 0.3 is 0 Å². The summed E-state index contributed by atoms with van der Waals surface area (Å²) in [6.45, 7) is 3.41. The molecule has 16 heavy (non-hydrogen) atoms. The zero-order valence-electron chi connectivity index (χ0n) is 8.93. The van der Waals surface area contributed by atoms with E-state index in [0.29, 0.717) is 5.56 Å². The number of aliphatic hydroxyl groups excluding tert-OH is 1. The van der Waals surface area contributed by atoms with E-state index >= 15 is 0 Å². The van der Waals surface area contributed by atoms with Crippen LogP contribution in [-0.4, -0.2) is 16.5 Å². The highest BCUT2D eigenvalue weighted by molar-refractivity contribution is 8.13. The number of hydrogen-bond donors (Lipinski definition) is 1. The van der Waals surface area contributed by atoms with Gasteiger partial charge < -0.3 is 5.11 Å². The fourth-order valence-corrected chi connectivity index (χ4v) is 1.56. The predicted molar refractivity (Wildman–Crippen MR) is 68.2 cm³/mol. The second kappa shape index (κ2) is 6.01. The maximum Gasteiger partial charge on any atom is 0.223 e. The number of thioether (sulfide) groups is 1. The van der Waals surface area contributed by atoms with Crippen LogP contribution in [0.2, 0.25) is 0 Å². The number of rotatable bonds is 3. The maximum atomic E-state index is 11.6. The molecule has 0 radical (unpaired) electrons. The molecule has 0 saturated heterocycles. The summed E-state index contributed by atoms with van der Waals surface area (Å²) in [4.78, 5) is 11.6. The van der Waals surface area contributed by atoms with Crippen molar-refractivity contribution in [2.24, 2.45) is 0 Å². The van der Waals surface area contributed by atoms with Crippen molar-refractivity contribution >= 4 is 22.6 Å². The Labute approximate surface area is 99.0 Å². The van der Waals surface area contributed by atoms with Gasteiger partial charge in [0, 0.05) is 5.56 Å². The zero-order chi connectivity index (χ0) is 12.0. The number of allylic oxidation sites excluding steroid dienone is 1. The van der Waals surface area contributed by atoms with Crippen molar-refractivity contribution in [1.82, 2.24) is 0 Å². The van der Waals surface area contributed by atoms with Crippen LogP contribution >= 0.6 is 11.8 Å². The largest absolute Gasteiger partial charge is 0.507 e. The number of aliphatic hydroxyl groups is 1. The summed E-state index contributed by atoms with van der Waals surface area (Å²) in [7, 11) is 0. The molecule has 0 amide bonds. The normalized spacial score (nSPS) is 11.3. The minimum absolute atomic E-state index is 0.0453. The summed E-state index contributed by atoms with van der Waals surface area (Å²) in [5, 5.41) is 9.75. The van der Waals surface area contributed by atoms with Crippen LogP contribution in [0.1, 0.15) is 5.56 Å². The molecule has 82 valence electrons. The lowest BCUT2D eigenvalue weighted by Crippen LogP contribution is -1.98. The minimum Gasteiger partial charge on any atom is -0.507 e. The molecule has 0 heterocycles. The molecule has 3 heteroatoms. The quantitative estimate of drug-likeness (QED) is 0.376. The van der Waals surface area contributed by atoms with Gasteiger partial charge in [0.05, 0.1) is 5.57 Å². The molecule has 0 aliphatic rings. The van der Waals surface area contributed by atoms with Gasteiger partial charge in [-0.25, -0.2) is 0 Å². The Bertz CT molecular complexity index is 454. The molecule has 0 saturated carbocycles. The van der Waals surface area contributed by atoms with E-state index in [-0.39, 0.29) is 16.4 Å². The monoisotopic (exact) mass is 232 g/mol. The summed E-state index contributed by atoms with van der Waals surface area (Å²) < 4.78 is 0.